The number of hydrogen-bond acceptors (Lipinski definition) is 3. The van der Waals surface area contributed by atoms with E-state index in [1.165, 1.54) is 13.2 Å². The molecule has 0 atom stereocenters. The van der Waals surface area contributed by atoms with E-state index < -0.39 is 0 Å². The van der Waals surface area contributed by atoms with E-state index in [9.17, 15) is 4.39 Å². The van der Waals surface area contributed by atoms with Crippen LogP contribution in [0.5, 0.6) is 5.75 Å². The molecule has 0 aliphatic carbocycles. The van der Waals surface area contributed by atoms with Crippen LogP contribution in [0.25, 0.3) is 0 Å². The molecule has 1 heterocycles. The van der Waals surface area contributed by atoms with Crippen LogP contribution in [0.15, 0.2) is 30.5 Å². The Morgan fingerprint density at radius 3 is 2.88 bits per heavy atom. The maximum atomic E-state index is 13.5. The second kappa shape index (κ2) is 4.97. The summed E-state index contributed by atoms with van der Waals surface area (Å²) in [6, 6.07) is 6.71. The zero-order valence-corrected chi connectivity index (χ0v) is 9.56. The fraction of sp³-hybridized carbons (Fsp3) is 0.250. The molecule has 0 fully saturated rings. The average Bonchev–Trinajstić information content (AvgIpc) is 2.76. The van der Waals surface area contributed by atoms with Gasteiger partial charge in [0.2, 0.25) is 0 Å². The lowest BCUT2D eigenvalue weighted by atomic mass is 10.2. The molecule has 17 heavy (non-hydrogen) atoms. The number of hydrogen-bond donors (Lipinski definition) is 1. The van der Waals surface area contributed by atoms with Crippen LogP contribution in [-0.2, 0) is 13.1 Å². The first-order valence-corrected chi connectivity index (χ1v) is 5.27. The molecule has 1 aromatic carbocycles. The van der Waals surface area contributed by atoms with Crippen molar-refractivity contribution in [3.63, 3.8) is 0 Å². The summed E-state index contributed by atoms with van der Waals surface area (Å²) in [4.78, 5) is 0. The van der Waals surface area contributed by atoms with E-state index in [4.69, 9.17) is 10.5 Å². The topological polar surface area (TPSA) is 53.1 Å². The van der Waals surface area contributed by atoms with Gasteiger partial charge in [-0.2, -0.15) is 5.10 Å². The maximum absolute atomic E-state index is 13.5. The molecule has 2 rings (SSSR count). The number of methoxy groups -OCH3 is 1. The second-order valence-electron chi connectivity index (χ2n) is 3.65. The molecule has 90 valence electrons. The van der Waals surface area contributed by atoms with Crippen LogP contribution >= 0.6 is 0 Å². The number of rotatable bonds is 4. The van der Waals surface area contributed by atoms with E-state index in [2.05, 4.69) is 5.10 Å². The molecule has 2 aromatic rings. The van der Waals surface area contributed by atoms with Crippen LogP contribution in [0.1, 0.15) is 11.3 Å². The van der Waals surface area contributed by atoms with Gasteiger partial charge in [0.05, 0.1) is 19.3 Å². The predicted octanol–water partition coefficient (Wildman–Crippen LogP) is 1.54. The molecular formula is C12H14FN3O. The standard InChI is InChI=1S/C12H14FN3O/c1-17-12-3-2-9(6-11(12)13)8-16-10(7-14)4-5-15-16/h2-6H,7-8,14H2,1H3. The minimum Gasteiger partial charge on any atom is -0.494 e. The summed E-state index contributed by atoms with van der Waals surface area (Å²) in [5.41, 5.74) is 7.31. The highest BCUT2D eigenvalue weighted by molar-refractivity contribution is 5.29. The Labute approximate surface area is 98.8 Å². The van der Waals surface area contributed by atoms with Crippen LogP contribution in [0.3, 0.4) is 0 Å². The largest absolute Gasteiger partial charge is 0.494 e. The van der Waals surface area contributed by atoms with Gasteiger partial charge in [0.25, 0.3) is 0 Å². The third kappa shape index (κ3) is 2.45. The summed E-state index contributed by atoms with van der Waals surface area (Å²) >= 11 is 0. The van der Waals surface area contributed by atoms with Crippen molar-refractivity contribution in [2.75, 3.05) is 7.11 Å². The highest BCUT2D eigenvalue weighted by Crippen LogP contribution is 2.18. The summed E-state index contributed by atoms with van der Waals surface area (Å²) in [5.74, 6) is -0.125. The Morgan fingerprint density at radius 1 is 1.41 bits per heavy atom. The fourth-order valence-corrected chi connectivity index (χ4v) is 1.66. The molecule has 0 amide bonds. The van der Waals surface area contributed by atoms with Crippen molar-refractivity contribution in [3.8, 4) is 5.75 Å². The number of benzene rings is 1. The van der Waals surface area contributed by atoms with Crippen LogP contribution < -0.4 is 10.5 Å². The van der Waals surface area contributed by atoms with Gasteiger partial charge in [-0.05, 0) is 23.8 Å². The van der Waals surface area contributed by atoms with E-state index >= 15 is 0 Å². The van der Waals surface area contributed by atoms with Crippen LogP contribution in [0.4, 0.5) is 4.39 Å². The summed E-state index contributed by atoms with van der Waals surface area (Å²) in [6.45, 7) is 0.916. The van der Waals surface area contributed by atoms with Crippen LogP contribution in [-0.4, -0.2) is 16.9 Å². The molecule has 0 spiro atoms. The molecule has 2 N–H and O–H groups in total. The van der Waals surface area contributed by atoms with Crippen LogP contribution in [0.2, 0.25) is 0 Å². The van der Waals surface area contributed by atoms with Gasteiger partial charge in [-0.1, -0.05) is 6.07 Å². The van der Waals surface area contributed by atoms with Gasteiger partial charge in [-0.15, -0.1) is 0 Å². The molecule has 1 aromatic heterocycles. The minimum atomic E-state index is -0.369. The van der Waals surface area contributed by atoms with Crippen LogP contribution in [0, 0.1) is 5.82 Å². The van der Waals surface area contributed by atoms with Crippen molar-refractivity contribution < 1.29 is 9.13 Å². The molecule has 0 saturated carbocycles. The predicted molar refractivity (Wildman–Crippen MR) is 62.2 cm³/mol. The van der Waals surface area contributed by atoms with Crippen molar-refractivity contribution in [2.24, 2.45) is 5.73 Å². The first kappa shape index (κ1) is 11.6. The second-order valence-corrected chi connectivity index (χ2v) is 3.65. The highest BCUT2D eigenvalue weighted by Gasteiger charge is 2.06. The van der Waals surface area contributed by atoms with Gasteiger partial charge in [0.1, 0.15) is 0 Å². The lowest BCUT2D eigenvalue weighted by Crippen LogP contribution is -2.09. The SMILES string of the molecule is COc1ccc(Cn2nccc2CN)cc1F. The zero-order chi connectivity index (χ0) is 12.3. The number of nitrogens with zero attached hydrogens (tertiary/aromatic N) is 2. The Hall–Kier alpha value is -1.88. The van der Waals surface area contributed by atoms with E-state index in [-0.39, 0.29) is 11.6 Å². The van der Waals surface area contributed by atoms with E-state index in [0.29, 0.717) is 13.1 Å². The Bertz CT molecular complexity index is 510. The first-order chi connectivity index (χ1) is 8.24. The summed E-state index contributed by atoms with van der Waals surface area (Å²) < 4.78 is 20.1. The molecule has 5 heteroatoms. The van der Waals surface area contributed by atoms with Crippen molar-refractivity contribution in [2.45, 2.75) is 13.1 Å². The summed E-state index contributed by atoms with van der Waals surface area (Å²) in [6.07, 6.45) is 1.68. The molecule has 0 saturated heterocycles. The smallest absolute Gasteiger partial charge is 0.165 e. The minimum absolute atomic E-state index is 0.244. The molecule has 0 unspecified atom stereocenters. The molecule has 4 nitrogen and oxygen atoms in total. The lowest BCUT2D eigenvalue weighted by molar-refractivity contribution is 0.386. The van der Waals surface area contributed by atoms with Gasteiger partial charge < -0.3 is 10.5 Å². The average molecular weight is 235 g/mol. The Morgan fingerprint density at radius 2 is 2.24 bits per heavy atom. The van der Waals surface area contributed by atoms with Gasteiger partial charge in [-0.3, -0.25) is 4.68 Å². The van der Waals surface area contributed by atoms with Gasteiger partial charge in [0.15, 0.2) is 11.6 Å². The van der Waals surface area contributed by atoms with Crippen molar-refractivity contribution >= 4 is 0 Å². The molecule has 0 radical (unpaired) electrons. The maximum Gasteiger partial charge on any atom is 0.165 e. The molecule has 0 aliphatic rings. The lowest BCUT2D eigenvalue weighted by Gasteiger charge is -2.07. The molecule has 0 bridgehead atoms. The Kier molecular flexibility index (Phi) is 3.39. The Balaban J connectivity index is 2.22. The summed E-state index contributed by atoms with van der Waals surface area (Å²) in [7, 11) is 1.44. The third-order valence-electron chi connectivity index (χ3n) is 2.56. The van der Waals surface area contributed by atoms with Crippen molar-refractivity contribution in [1.29, 1.82) is 0 Å². The highest BCUT2D eigenvalue weighted by atomic mass is 19.1. The quantitative estimate of drug-likeness (QED) is 0.874. The number of ether oxygens (including phenoxy) is 1. The van der Waals surface area contributed by atoms with Gasteiger partial charge >= 0.3 is 0 Å². The molecule has 0 aliphatic heterocycles. The monoisotopic (exact) mass is 235 g/mol. The van der Waals surface area contributed by atoms with Crippen molar-refractivity contribution in [3.05, 3.63) is 47.5 Å². The summed E-state index contributed by atoms with van der Waals surface area (Å²) in [5, 5.41) is 4.14. The van der Waals surface area contributed by atoms with Gasteiger partial charge in [-0.25, -0.2) is 4.39 Å². The van der Waals surface area contributed by atoms with E-state index in [0.717, 1.165) is 11.3 Å². The van der Waals surface area contributed by atoms with Gasteiger partial charge in [0, 0.05) is 12.7 Å². The number of nitrogens with two attached hydrogens (primary N) is 1. The fourth-order valence-electron chi connectivity index (χ4n) is 1.66. The zero-order valence-electron chi connectivity index (χ0n) is 9.56. The van der Waals surface area contributed by atoms with E-state index in [1.807, 2.05) is 12.1 Å². The molecular weight excluding hydrogens is 221 g/mol. The number of halogens is 1. The first-order valence-electron chi connectivity index (χ1n) is 5.27. The third-order valence-corrected chi connectivity index (χ3v) is 2.56. The normalized spacial score (nSPS) is 10.5. The van der Waals surface area contributed by atoms with E-state index in [1.54, 1.807) is 16.9 Å². The number of aromatic nitrogens is 2. The van der Waals surface area contributed by atoms with Crippen molar-refractivity contribution in [1.82, 2.24) is 9.78 Å².